The van der Waals surface area contributed by atoms with E-state index in [9.17, 15) is 9.59 Å². The molecule has 2 aromatic heterocycles. The van der Waals surface area contributed by atoms with Crippen molar-refractivity contribution in [3.05, 3.63) is 75.6 Å². The van der Waals surface area contributed by atoms with Gasteiger partial charge in [0.1, 0.15) is 0 Å². The lowest BCUT2D eigenvalue weighted by Crippen LogP contribution is -2.15. The molecular formula is C21H19N5O2S. The van der Waals surface area contributed by atoms with Crippen molar-refractivity contribution in [1.82, 2.24) is 24.8 Å². The van der Waals surface area contributed by atoms with Crippen molar-refractivity contribution in [1.29, 1.82) is 0 Å². The predicted molar refractivity (Wildman–Crippen MR) is 112 cm³/mol. The Bertz CT molecular complexity index is 1230. The number of rotatable bonds is 6. The van der Waals surface area contributed by atoms with Crippen LogP contribution in [-0.2, 0) is 6.42 Å². The van der Waals surface area contributed by atoms with Crippen molar-refractivity contribution in [3.8, 4) is 11.3 Å². The highest BCUT2D eigenvalue weighted by Gasteiger charge is 2.15. The lowest BCUT2D eigenvalue weighted by Gasteiger charge is -2.04. The number of ketones is 1. The molecule has 0 aliphatic heterocycles. The first-order valence-electron chi connectivity index (χ1n) is 9.23. The first-order chi connectivity index (χ1) is 14.0. The van der Waals surface area contributed by atoms with Gasteiger partial charge in [0.15, 0.2) is 11.5 Å². The molecule has 0 saturated carbocycles. The highest BCUT2D eigenvalue weighted by atomic mass is 32.2. The van der Waals surface area contributed by atoms with E-state index in [-0.39, 0.29) is 28.6 Å². The summed E-state index contributed by atoms with van der Waals surface area (Å²) in [5.41, 5.74) is 3.59. The predicted octanol–water partition coefficient (Wildman–Crippen LogP) is 3.33. The molecule has 0 amide bonds. The largest absolute Gasteiger partial charge is 0.293 e. The molecule has 2 heterocycles. The van der Waals surface area contributed by atoms with Gasteiger partial charge in [0.05, 0.1) is 5.75 Å². The number of hydrogen-bond acceptors (Lipinski definition) is 6. The second kappa shape index (κ2) is 8.00. The Hall–Kier alpha value is -3.26. The van der Waals surface area contributed by atoms with Crippen molar-refractivity contribution >= 4 is 23.3 Å². The Morgan fingerprint density at radius 2 is 1.79 bits per heavy atom. The molecule has 0 radical (unpaired) electrons. The number of Topliss-reactive ketones (excluding diaryl/α,β-unsaturated/α-hetero) is 1. The second-order valence-corrected chi connectivity index (χ2v) is 7.59. The van der Waals surface area contributed by atoms with Crippen LogP contribution in [0.4, 0.5) is 0 Å². The molecule has 0 aliphatic carbocycles. The van der Waals surface area contributed by atoms with Gasteiger partial charge in [-0.3, -0.25) is 14.6 Å². The Labute approximate surface area is 171 Å². The average molecular weight is 405 g/mol. The molecule has 0 bridgehead atoms. The van der Waals surface area contributed by atoms with E-state index in [2.05, 4.69) is 27.2 Å². The van der Waals surface area contributed by atoms with Gasteiger partial charge in [0, 0.05) is 11.1 Å². The standard InChI is InChI=1S/C21H19N5O2S/c1-3-14-6-10-15(11-7-14)17(27)12-29-21-24-23-20-22-19(28)18(25-26(20)21)16-8-4-13(2)5-9-16/h4-11H,3,12H2,1-2H3,(H,22,23,28). The number of hydrogen-bond donors (Lipinski definition) is 1. The molecule has 29 heavy (non-hydrogen) atoms. The average Bonchev–Trinajstić information content (AvgIpc) is 3.13. The Morgan fingerprint density at radius 1 is 1.07 bits per heavy atom. The van der Waals surface area contributed by atoms with E-state index in [1.54, 1.807) is 0 Å². The summed E-state index contributed by atoms with van der Waals surface area (Å²) in [6, 6.07) is 15.1. The molecule has 0 spiro atoms. The van der Waals surface area contributed by atoms with Crippen molar-refractivity contribution in [2.24, 2.45) is 0 Å². The fraction of sp³-hybridized carbons (Fsp3) is 0.190. The molecule has 8 heteroatoms. The zero-order chi connectivity index (χ0) is 20.4. The number of benzene rings is 2. The maximum atomic E-state index is 12.5. The monoisotopic (exact) mass is 405 g/mol. The SMILES string of the molecule is CCc1ccc(C(=O)CSc2nnc3[nH]c(=O)c(-c4ccc(C)cc4)nn23)cc1. The third kappa shape index (κ3) is 3.97. The normalized spacial score (nSPS) is 11.1. The molecule has 7 nitrogen and oxygen atoms in total. The zero-order valence-electron chi connectivity index (χ0n) is 16.0. The van der Waals surface area contributed by atoms with E-state index < -0.39 is 0 Å². The molecular weight excluding hydrogens is 386 g/mol. The number of carbonyl (C=O) groups excluding carboxylic acids is 1. The highest BCUT2D eigenvalue weighted by molar-refractivity contribution is 7.99. The number of aromatic nitrogens is 5. The minimum absolute atomic E-state index is 0.00224. The van der Waals surface area contributed by atoms with Crippen LogP contribution in [0.1, 0.15) is 28.4 Å². The summed E-state index contributed by atoms with van der Waals surface area (Å²) in [7, 11) is 0. The quantitative estimate of drug-likeness (QED) is 0.391. The minimum atomic E-state index is -0.336. The van der Waals surface area contributed by atoms with Gasteiger partial charge in [-0.05, 0) is 18.9 Å². The maximum Gasteiger partial charge on any atom is 0.279 e. The molecule has 146 valence electrons. The third-order valence-corrected chi connectivity index (χ3v) is 5.51. The van der Waals surface area contributed by atoms with Crippen LogP contribution in [0.15, 0.2) is 58.5 Å². The fourth-order valence-corrected chi connectivity index (χ4v) is 3.64. The molecule has 0 fully saturated rings. The van der Waals surface area contributed by atoms with Crippen molar-refractivity contribution in [2.75, 3.05) is 5.75 Å². The number of carbonyl (C=O) groups is 1. The Balaban J connectivity index is 1.59. The van der Waals surface area contributed by atoms with Gasteiger partial charge in [-0.25, -0.2) is 0 Å². The summed E-state index contributed by atoms with van der Waals surface area (Å²) in [4.78, 5) is 27.6. The summed E-state index contributed by atoms with van der Waals surface area (Å²) in [5, 5.41) is 12.9. The Kier molecular flexibility index (Phi) is 5.26. The number of thioether (sulfide) groups is 1. The van der Waals surface area contributed by atoms with Crippen LogP contribution in [0.5, 0.6) is 0 Å². The van der Waals surface area contributed by atoms with E-state index in [1.165, 1.54) is 21.8 Å². The maximum absolute atomic E-state index is 12.5. The van der Waals surface area contributed by atoms with Crippen LogP contribution >= 0.6 is 11.8 Å². The highest BCUT2D eigenvalue weighted by Crippen LogP contribution is 2.19. The van der Waals surface area contributed by atoms with Crippen molar-refractivity contribution in [3.63, 3.8) is 0 Å². The van der Waals surface area contributed by atoms with Crippen LogP contribution in [-0.4, -0.2) is 36.3 Å². The molecule has 0 saturated heterocycles. The van der Waals surface area contributed by atoms with Gasteiger partial charge in [0.25, 0.3) is 11.3 Å². The lowest BCUT2D eigenvalue weighted by atomic mass is 10.1. The summed E-state index contributed by atoms with van der Waals surface area (Å²) in [6.45, 7) is 4.05. The van der Waals surface area contributed by atoms with E-state index in [0.29, 0.717) is 16.3 Å². The molecule has 0 unspecified atom stereocenters. The molecule has 1 N–H and O–H groups in total. The number of nitrogens with one attached hydrogen (secondary N) is 1. The number of H-pyrrole nitrogens is 1. The van der Waals surface area contributed by atoms with Crippen LogP contribution in [0, 0.1) is 6.92 Å². The summed E-state index contributed by atoms with van der Waals surface area (Å²) < 4.78 is 1.47. The van der Waals surface area contributed by atoms with Gasteiger partial charge < -0.3 is 0 Å². The zero-order valence-corrected chi connectivity index (χ0v) is 16.9. The van der Waals surface area contributed by atoms with Crippen molar-refractivity contribution in [2.45, 2.75) is 25.4 Å². The summed E-state index contributed by atoms with van der Waals surface area (Å²) in [5.74, 6) is 0.443. The van der Waals surface area contributed by atoms with Crippen LogP contribution < -0.4 is 5.56 Å². The minimum Gasteiger partial charge on any atom is -0.293 e. The molecule has 4 aromatic rings. The summed E-state index contributed by atoms with van der Waals surface area (Å²) in [6.07, 6.45) is 0.933. The van der Waals surface area contributed by atoms with Crippen LogP contribution in [0.3, 0.4) is 0 Å². The number of aromatic amines is 1. The number of nitrogens with zero attached hydrogens (tertiary/aromatic N) is 4. The number of fused-ring (bicyclic) bond motifs is 1. The van der Waals surface area contributed by atoms with E-state index in [4.69, 9.17) is 0 Å². The number of aryl methyl sites for hydroxylation is 2. The first-order valence-corrected chi connectivity index (χ1v) is 10.2. The molecule has 0 atom stereocenters. The van der Waals surface area contributed by atoms with E-state index in [0.717, 1.165) is 12.0 Å². The van der Waals surface area contributed by atoms with Gasteiger partial charge in [-0.1, -0.05) is 72.8 Å². The fourth-order valence-electron chi connectivity index (χ4n) is 2.87. The van der Waals surface area contributed by atoms with Crippen LogP contribution in [0.2, 0.25) is 0 Å². The topological polar surface area (TPSA) is 93.0 Å². The first kappa shape index (κ1) is 19.1. The third-order valence-electron chi connectivity index (χ3n) is 4.59. The van der Waals surface area contributed by atoms with Gasteiger partial charge in [-0.2, -0.15) is 9.61 Å². The summed E-state index contributed by atoms with van der Waals surface area (Å²) >= 11 is 1.24. The van der Waals surface area contributed by atoms with Gasteiger partial charge in [0.2, 0.25) is 5.16 Å². The second-order valence-electron chi connectivity index (χ2n) is 6.65. The van der Waals surface area contributed by atoms with Crippen LogP contribution in [0.25, 0.3) is 17.0 Å². The van der Waals surface area contributed by atoms with E-state index >= 15 is 0 Å². The van der Waals surface area contributed by atoms with Gasteiger partial charge in [-0.15, -0.1) is 10.2 Å². The Morgan fingerprint density at radius 3 is 2.48 bits per heavy atom. The van der Waals surface area contributed by atoms with Crippen molar-refractivity contribution < 1.29 is 4.79 Å². The lowest BCUT2D eigenvalue weighted by molar-refractivity contribution is 0.102. The molecule has 4 rings (SSSR count). The molecule has 0 aliphatic rings. The van der Waals surface area contributed by atoms with Gasteiger partial charge >= 0.3 is 0 Å². The molecule has 2 aromatic carbocycles. The smallest absolute Gasteiger partial charge is 0.279 e. The van der Waals surface area contributed by atoms with E-state index in [1.807, 2.05) is 55.5 Å².